The molecule has 5 nitrogen and oxygen atoms in total. The van der Waals surface area contributed by atoms with Crippen LogP contribution in [0.1, 0.15) is 56.1 Å². The van der Waals surface area contributed by atoms with E-state index in [-0.39, 0.29) is 12.0 Å². The van der Waals surface area contributed by atoms with Crippen LogP contribution < -0.4 is 10.1 Å². The number of hydrogen-bond acceptors (Lipinski definition) is 4. The molecule has 2 aromatic carbocycles. The molecule has 1 atom stereocenters. The van der Waals surface area contributed by atoms with Crippen LogP contribution in [0.4, 0.5) is 0 Å². The maximum absolute atomic E-state index is 12.2. The van der Waals surface area contributed by atoms with E-state index in [4.69, 9.17) is 4.74 Å². The second kappa shape index (κ2) is 12.2. The largest absolute Gasteiger partial charge is 0.489 e. The Kier molecular flexibility index (Phi) is 8.79. The van der Waals surface area contributed by atoms with E-state index in [0.29, 0.717) is 19.0 Å². The van der Waals surface area contributed by atoms with Crippen LogP contribution in [0.15, 0.2) is 54.6 Å². The number of rotatable bonds is 9. The zero-order chi connectivity index (χ0) is 22.9. The van der Waals surface area contributed by atoms with Gasteiger partial charge in [-0.25, -0.2) is 0 Å². The Morgan fingerprint density at radius 2 is 1.64 bits per heavy atom. The summed E-state index contributed by atoms with van der Waals surface area (Å²) in [7, 11) is 0. The average Bonchev–Trinajstić information content (AvgIpc) is 2.86. The zero-order valence-corrected chi connectivity index (χ0v) is 20.0. The van der Waals surface area contributed by atoms with Crippen molar-refractivity contribution in [2.75, 3.05) is 39.3 Å². The van der Waals surface area contributed by atoms with Gasteiger partial charge < -0.3 is 10.1 Å². The molecule has 0 spiro atoms. The number of hydrogen-bond donors (Lipinski definition) is 1. The molecule has 1 amide bonds. The molecule has 0 unspecified atom stereocenters. The summed E-state index contributed by atoms with van der Waals surface area (Å²) in [5.74, 6) is 1.65. The lowest BCUT2D eigenvalue weighted by Gasteiger charge is -2.32. The van der Waals surface area contributed by atoms with Crippen LogP contribution in [0.3, 0.4) is 0 Å². The summed E-state index contributed by atoms with van der Waals surface area (Å²) in [6.07, 6.45) is 6.09. The van der Waals surface area contributed by atoms with Crippen molar-refractivity contribution in [1.82, 2.24) is 15.1 Å². The number of piperidine rings is 2. The number of carbonyl (C=O) groups is 1. The predicted molar refractivity (Wildman–Crippen MR) is 134 cm³/mol. The first-order valence-corrected chi connectivity index (χ1v) is 12.7. The molecule has 2 fully saturated rings. The van der Waals surface area contributed by atoms with Crippen LogP contribution in [0.2, 0.25) is 0 Å². The Balaban J connectivity index is 1.15. The van der Waals surface area contributed by atoms with Gasteiger partial charge in [-0.1, -0.05) is 48.9 Å². The maximum atomic E-state index is 12.2. The van der Waals surface area contributed by atoms with Gasteiger partial charge in [-0.15, -0.1) is 0 Å². The first kappa shape index (κ1) is 23.8. The molecule has 2 saturated heterocycles. The normalized spacial score (nSPS) is 19.2. The van der Waals surface area contributed by atoms with Crippen LogP contribution in [0, 0.1) is 0 Å². The first-order chi connectivity index (χ1) is 16.2. The molecule has 0 aliphatic carbocycles. The van der Waals surface area contributed by atoms with Crippen molar-refractivity contribution < 1.29 is 9.53 Å². The van der Waals surface area contributed by atoms with Crippen molar-refractivity contribution in [2.45, 2.75) is 57.6 Å². The lowest BCUT2D eigenvalue weighted by atomic mass is 9.89. The Hall–Kier alpha value is -2.37. The summed E-state index contributed by atoms with van der Waals surface area (Å²) in [4.78, 5) is 17.0. The average molecular weight is 450 g/mol. The van der Waals surface area contributed by atoms with Crippen molar-refractivity contribution in [3.8, 4) is 5.75 Å². The fraction of sp³-hybridized carbons (Fsp3) is 0.536. The number of carbonyl (C=O) groups excluding carboxylic acids is 1. The summed E-state index contributed by atoms with van der Waals surface area (Å²) < 4.78 is 6.02. The highest BCUT2D eigenvalue weighted by Crippen LogP contribution is 2.28. The van der Waals surface area contributed by atoms with Gasteiger partial charge in [0, 0.05) is 6.54 Å². The molecule has 2 aromatic rings. The van der Waals surface area contributed by atoms with E-state index in [9.17, 15) is 4.79 Å². The minimum Gasteiger partial charge on any atom is -0.489 e. The van der Waals surface area contributed by atoms with E-state index in [1.165, 1.54) is 43.2 Å². The molecule has 0 radical (unpaired) electrons. The fourth-order valence-corrected chi connectivity index (χ4v) is 4.99. The number of benzene rings is 2. The molecule has 2 heterocycles. The van der Waals surface area contributed by atoms with E-state index in [0.717, 1.165) is 38.5 Å². The van der Waals surface area contributed by atoms with Gasteiger partial charge >= 0.3 is 0 Å². The van der Waals surface area contributed by atoms with Gasteiger partial charge in [0.2, 0.25) is 5.91 Å². The van der Waals surface area contributed by atoms with Crippen LogP contribution >= 0.6 is 0 Å². The van der Waals surface area contributed by atoms with E-state index in [2.05, 4.69) is 69.7 Å². The molecule has 0 bridgehead atoms. The smallest absolute Gasteiger partial charge is 0.234 e. The molecular weight excluding hydrogens is 410 g/mol. The van der Waals surface area contributed by atoms with Crippen LogP contribution in [0.5, 0.6) is 5.75 Å². The van der Waals surface area contributed by atoms with Crippen molar-refractivity contribution in [3.63, 3.8) is 0 Å². The third-order valence-electron chi connectivity index (χ3n) is 6.93. The minimum absolute atomic E-state index is 0.0572. The third-order valence-corrected chi connectivity index (χ3v) is 6.93. The maximum Gasteiger partial charge on any atom is 0.234 e. The second-order valence-corrected chi connectivity index (χ2v) is 9.67. The third kappa shape index (κ3) is 7.58. The van der Waals surface area contributed by atoms with E-state index in [1.54, 1.807) is 0 Å². The predicted octanol–water partition coefficient (Wildman–Crippen LogP) is 4.44. The van der Waals surface area contributed by atoms with E-state index >= 15 is 0 Å². The highest BCUT2D eigenvalue weighted by atomic mass is 16.5. The molecule has 1 N–H and O–H groups in total. The lowest BCUT2D eigenvalue weighted by Crippen LogP contribution is -2.42. The van der Waals surface area contributed by atoms with Gasteiger partial charge in [0.1, 0.15) is 11.9 Å². The Morgan fingerprint density at radius 1 is 0.939 bits per heavy atom. The number of likely N-dealkylation sites (tertiary alicyclic amines) is 2. The van der Waals surface area contributed by atoms with Crippen LogP contribution in [-0.2, 0) is 11.3 Å². The lowest BCUT2D eigenvalue weighted by molar-refractivity contribution is -0.122. The Morgan fingerprint density at radius 3 is 2.33 bits per heavy atom. The van der Waals surface area contributed by atoms with Crippen molar-refractivity contribution in [1.29, 1.82) is 0 Å². The molecule has 33 heavy (non-hydrogen) atoms. The highest BCUT2D eigenvalue weighted by Gasteiger charge is 2.20. The molecular formula is C28H39N3O2. The Labute approximate surface area is 199 Å². The molecule has 0 saturated carbocycles. The molecule has 0 aromatic heterocycles. The topological polar surface area (TPSA) is 44.8 Å². The molecule has 4 rings (SSSR count). The van der Waals surface area contributed by atoms with Crippen molar-refractivity contribution >= 4 is 5.91 Å². The number of amides is 1. The summed E-state index contributed by atoms with van der Waals surface area (Å²) in [5, 5.41) is 3.02. The summed E-state index contributed by atoms with van der Waals surface area (Å²) in [6, 6.07) is 19.4. The van der Waals surface area contributed by atoms with Gasteiger partial charge in [-0.3, -0.25) is 14.6 Å². The van der Waals surface area contributed by atoms with Gasteiger partial charge in [-0.2, -0.15) is 0 Å². The summed E-state index contributed by atoms with van der Waals surface area (Å²) in [5.41, 5.74) is 2.80. The molecule has 2 aliphatic heterocycles. The molecule has 5 heteroatoms. The number of ether oxygens (including phenoxy) is 1. The van der Waals surface area contributed by atoms with Crippen LogP contribution in [-0.4, -0.2) is 61.1 Å². The number of nitrogens with one attached hydrogen (secondary N) is 1. The SMILES string of the molecule is C[C@@H](CNC(=O)CN1CCCCC1)Oc1ccc(CN2CCC(c3ccccc3)CC2)cc1. The van der Waals surface area contributed by atoms with Gasteiger partial charge in [-0.05, 0) is 88.0 Å². The number of nitrogens with zero attached hydrogens (tertiary/aromatic N) is 2. The Bertz CT molecular complexity index is 841. The van der Waals surface area contributed by atoms with Crippen molar-refractivity contribution in [2.24, 2.45) is 0 Å². The first-order valence-electron chi connectivity index (χ1n) is 12.7. The van der Waals surface area contributed by atoms with Crippen molar-refractivity contribution in [3.05, 3.63) is 65.7 Å². The minimum atomic E-state index is -0.0572. The van der Waals surface area contributed by atoms with E-state index in [1.807, 2.05) is 6.92 Å². The summed E-state index contributed by atoms with van der Waals surface area (Å²) >= 11 is 0. The van der Waals surface area contributed by atoms with Crippen LogP contribution in [0.25, 0.3) is 0 Å². The standard InChI is InChI=1S/C28H39N3O2/c1-23(20-29-28(32)22-30-16-6-3-7-17-30)33-27-12-10-24(11-13-27)21-31-18-14-26(15-19-31)25-8-4-2-5-9-25/h2,4-5,8-13,23,26H,3,6-7,14-22H2,1H3,(H,29,32)/t23-/m0/s1. The van der Waals surface area contributed by atoms with E-state index < -0.39 is 0 Å². The molecule has 178 valence electrons. The van der Waals surface area contributed by atoms with Gasteiger partial charge in [0.25, 0.3) is 0 Å². The fourth-order valence-electron chi connectivity index (χ4n) is 4.99. The quantitative estimate of drug-likeness (QED) is 0.615. The van der Waals surface area contributed by atoms with Gasteiger partial charge in [0.15, 0.2) is 0 Å². The zero-order valence-electron chi connectivity index (χ0n) is 20.0. The second-order valence-electron chi connectivity index (χ2n) is 9.67. The molecule has 2 aliphatic rings. The monoisotopic (exact) mass is 449 g/mol. The highest BCUT2D eigenvalue weighted by molar-refractivity contribution is 5.78. The van der Waals surface area contributed by atoms with Gasteiger partial charge in [0.05, 0.1) is 13.1 Å². The summed E-state index contributed by atoms with van der Waals surface area (Å²) in [6.45, 7) is 8.40.